The lowest BCUT2D eigenvalue weighted by Crippen LogP contribution is -2.32. The van der Waals surface area contributed by atoms with Crippen molar-refractivity contribution >= 4 is 17.3 Å². The van der Waals surface area contributed by atoms with E-state index in [1.807, 2.05) is 13.0 Å². The van der Waals surface area contributed by atoms with Crippen LogP contribution in [-0.2, 0) is 0 Å². The molecule has 0 aromatic carbocycles. The summed E-state index contributed by atoms with van der Waals surface area (Å²) in [7, 11) is 0. The minimum atomic E-state index is 0.382. The fourth-order valence-corrected chi connectivity index (χ4v) is 2.31. The Morgan fingerprint density at radius 2 is 2.06 bits per heavy atom. The molecular formula is C12H18ClN3. The van der Waals surface area contributed by atoms with Crippen LogP contribution in [0.15, 0.2) is 12.3 Å². The van der Waals surface area contributed by atoms with Crippen LogP contribution < -0.4 is 11.1 Å². The number of nitrogens with one attached hydrogen (secondary N) is 1. The minimum Gasteiger partial charge on any atom is -0.381 e. The molecule has 0 unspecified atom stereocenters. The van der Waals surface area contributed by atoms with Crippen molar-refractivity contribution in [2.75, 3.05) is 5.32 Å². The van der Waals surface area contributed by atoms with Crippen molar-refractivity contribution < 1.29 is 0 Å². The Balaban J connectivity index is 2.01. The standard InChI is InChI=1S/C12H18ClN3/c1-8-12(13)11(6-7-15-8)16-10-4-2-9(14)3-5-10/h6-7,9-10H,2-5,14H2,1H3,(H,15,16). The van der Waals surface area contributed by atoms with Gasteiger partial charge in [0.05, 0.1) is 16.4 Å². The molecule has 1 heterocycles. The third kappa shape index (κ3) is 2.66. The van der Waals surface area contributed by atoms with Gasteiger partial charge in [-0.15, -0.1) is 0 Å². The molecule has 0 saturated heterocycles. The number of anilines is 1. The van der Waals surface area contributed by atoms with Gasteiger partial charge in [0.1, 0.15) is 0 Å². The largest absolute Gasteiger partial charge is 0.381 e. The van der Waals surface area contributed by atoms with E-state index >= 15 is 0 Å². The molecule has 1 aliphatic rings. The van der Waals surface area contributed by atoms with Gasteiger partial charge >= 0.3 is 0 Å². The van der Waals surface area contributed by atoms with Crippen LogP contribution in [0.25, 0.3) is 0 Å². The summed E-state index contributed by atoms with van der Waals surface area (Å²) in [5, 5.41) is 4.22. The van der Waals surface area contributed by atoms with E-state index in [0.717, 1.165) is 42.1 Å². The van der Waals surface area contributed by atoms with Crippen molar-refractivity contribution in [1.82, 2.24) is 4.98 Å². The fourth-order valence-electron chi connectivity index (χ4n) is 2.14. The van der Waals surface area contributed by atoms with Crippen molar-refractivity contribution in [3.05, 3.63) is 23.0 Å². The Morgan fingerprint density at radius 3 is 2.75 bits per heavy atom. The van der Waals surface area contributed by atoms with Gasteiger partial charge in [-0.3, -0.25) is 4.98 Å². The number of nitrogens with zero attached hydrogens (tertiary/aromatic N) is 1. The van der Waals surface area contributed by atoms with Crippen molar-refractivity contribution in [1.29, 1.82) is 0 Å². The van der Waals surface area contributed by atoms with Gasteiger partial charge < -0.3 is 11.1 Å². The van der Waals surface area contributed by atoms with E-state index in [-0.39, 0.29) is 0 Å². The molecule has 0 atom stereocenters. The molecule has 0 spiro atoms. The van der Waals surface area contributed by atoms with Crippen LogP contribution in [0.1, 0.15) is 31.4 Å². The Labute approximate surface area is 101 Å². The molecule has 1 fully saturated rings. The van der Waals surface area contributed by atoms with E-state index < -0.39 is 0 Å². The topological polar surface area (TPSA) is 50.9 Å². The molecule has 0 amide bonds. The molecule has 0 radical (unpaired) electrons. The molecule has 16 heavy (non-hydrogen) atoms. The third-order valence-corrected chi connectivity index (χ3v) is 3.67. The van der Waals surface area contributed by atoms with Crippen molar-refractivity contribution in [3.63, 3.8) is 0 Å². The Morgan fingerprint density at radius 1 is 1.38 bits per heavy atom. The number of hydrogen-bond acceptors (Lipinski definition) is 3. The lowest BCUT2D eigenvalue weighted by molar-refractivity contribution is 0.411. The van der Waals surface area contributed by atoms with E-state index in [1.165, 1.54) is 0 Å². The van der Waals surface area contributed by atoms with Gasteiger partial charge in [0.15, 0.2) is 0 Å². The first-order valence-corrected chi connectivity index (χ1v) is 6.18. The Kier molecular flexibility index (Phi) is 3.66. The maximum atomic E-state index is 6.19. The number of aromatic nitrogens is 1. The maximum absolute atomic E-state index is 6.19. The van der Waals surface area contributed by atoms with Gasteiger partial charge in [0.25, 0.3) is 0 Å². The first kappa shape index (κ1) is 11.7. The quantitative estimate of drug-likeness (QED) is 0.835. The molecular weight excluding hydrogens is 222 g/mol. The summed E-state index contributed by atoms with van der Waals surface area (Å²) >= 11 is 6.19. The molecule has 0 bridgehead atoms. The summed E-state index contributed by atoms with van der Waals surface area (Å²) in [5.74, 6) is 0. The highest BCUT2D eigenvalue weighted by Crippen LogP contribution is 2.27. The highest BCUT2D eigenvalue weighted by atomic mass is 35.5. The van der Waals surface area contributed by atoms with Crippen LogP contribution in [0.3, 0.4) is 0 Å². The average molecular weight is 240 g/mol. The van der Waals surface area contributed by atoms with Crippen LogP contribution in [0.4, 0.5) is 5.69 Å². The van der Waals surface area contributed by atoms with Gasteiger partial charge in [0.2, 0.25) is 0 Å². The zero-order valence-corrected chi connectivity index (χ0v) is 10.3. The second kappa shape index (κ2) is 5.02. The zero-order chi connectivity index (χ0) is 11.5. The van der Waals surface area contributed by atoms with Gasteiger partial charge in [0, 0.05) is 18.3 Å². The first-order valence-electron chi connectivity index (χ1n) is 5.80. The molecule has 1 aromatic rings. The average Bonchev–Trinajstić information content (AvgIpc) is 2.28. The molecule has 88 valence electrons. The molecule has 3 nitrogen and oxygen atoms in total. The Bertz CT molecular complexity index is 359. The smallest absolute Gasteiger partial charge is 0.0849 e. The van der Waals surface area contributed by atoms with Gasteiger partial charge in [-0.2, -0.15) is 0 Å². The van der Waals surface area contributed by atoms with Gasteiger partial charge in [-0.25, -0.2) is 0 Å². The Hall–Kier alpha value is -0.800. The van der Waals surface area contributed by atoms with E-state index in [4.69, 9.17) is 17.3 Å². The second-order valence-corrected chi connectivity index (χ2v) is 4.89. The summed E-state index contributed by atoms with van der Waals surface area (Å²) in [6.45, 7) is 1.92. The van der Waals surface area contributed by atoms with E-state index in [0.29, 0.717) is 12.1 Å². The van der Waals surface area contributed by atoms with Crippen LogP contribution in [-0.4, -0.2) is 17.1 Å². The lowest BCUT2D eigenvalue weighted by Gasteiger charge is -2.28. The van der Waals surface area contributed by atoms with Crippen molar-refractivity contribution in [3.8, 4) is 0 Å². The van der Waals surface area contributed by atoms with Crippen molar-refractivity contribution in [2.45, 2.75) is 44.7 Å². The van der Waals surface area contributed by atoms with E-state index in [2.05, 4.69) is 10.3 Å². The number of rotatable bonds is 2. The minimum absolute atomic E-state index is 0.382. The second-order valence-electron chi connectivity index (χ2n) is 4.51. The normalized spacial score (nSPS) is 25.4. The number of pyridine rings is 1. The summed E-state index contributed by atoms with van der Waals surface area (Å²) in [6.07, 6.45) is 6.23. The van der Waals surface area contributed by atoms with E-state index in [1.54, 1.807) is 6.20 Å². The van der Waals surface area contributed by atoms with Crippen LogP contribution >= 0.6 is 11.6 Å². The third-order valence-electron chi connectivity index (χ3n) is 3.19. The summed E-state index contributed by atoms with van der Waals surface area (Å²) in [5.41, 5.74) is 7.75. The first-order chi connectivity index (χ1) is 7.66. The predicted octanol–water partition coefficient (Wildman–Crippen LogP) is 2.73. The number of hydrogen-bond donors (Lipinski definition) is 2. The van der Waals surface area contributed by atoms with E-state index in [9.17, 15) is 0 Å². The number of halogens is 1. The maximum Gasteiger partial charge on any atom is 0.0849 e. The van der Waals surface area contributed by atoms with Crippen LogP contribution in [0, 0.1) is 6.92 Å². The highest BCUT2D eigenvalue weighted by molar-refractivity contribution is 6.33. The van der Waals surface area contributed by atoms with Crippen LogP contribution in [0.5, 0.6) is 0 Å². The zero-order valence-electron chi connectivity index (χ0n) is 9.54. The highest BCUT2D eigenvalue weighted by Gasteiger charge is 2.19. The van der Waals surface area contributed by atoms with Gasteiger partial charge in [-0.1, -0.05) is 11.6 Å². The monoisotopic (exact) mass is 239 g/mol. The predicted molar refractivity (Wildman–Crippen MR) is 67.8 cm³/mol. The number of nitrogens with two attached hydrogens (primary N) is 1. The fraction of sp³-hybridized carbons (Fsp3) is 0.583. The molecule has 3 N–H and O–H groups in total. The molecule has 1 saturated carbocycles. The van der Waals surface area contributed by atoms with Gasteiger partial charge in [-0.05, 0) is 38.7 Å². The van der Waals surface area contributed by atoms with Crippen LogP contribution in [0.2, 0.25) is 5.02 Å². The number of aryl methyl sites for hydroxylation is 1. The summed E-state index contributed by atoms with van der Waals surface area (Å²) < 4.78 is 0. The molecule has 1 aliphatic carbocycles. The molecule has 4 heteroatoms. The molecule has 1 aromatic heterocycles. The molecule has 2 rings (SSSR count). The van der Waals surface area contributed by atoms with Crippen molar-refractivity contribution in [2.24, 2.45) is 5.73 Å². The molecule has 0 aliphatic heterocycles. The summed E-state index contributed by atoms with van der Waals surface area (Å²) in [6, 6.07) is 2.82. The summed E-state index contributed by atoms with van der Waals surface area (Å²) in [4.78, 5) is 4.15. The lowest BCUT2D eigenvalue weighted by atomic mass is 9.92. The SMILES string of the molecule is Cc1nccc(NC2CCC(N)CC2)c1Cl.